The molecule has 2 aliphatic rings. The predicted molar refractivity (Wildman–Crippen MR) is 82.1 cm³/mol. The molecule has 1 amide bonds. The second kappa shape index (κ2) is 8.17. The number of carbonyl (C=O) groups excluding carboxylic acids is 1. The Kier molecular flexibility index (Phi) is 7.23. The van der Waals surface area contributed by atoms with E-state index in [1.807, 2.05) is 0 Å². The fraction of sp³-hybridized carbons (Fsp3) is 0.929. The zero-order valence-corrected chi connectivity index (χ0v) is 13.4. The van der Waals surface area contributed by atoms with Crippen LogP contribution in [0, 0.1) is 0 Å². The molecule has 2 saturated heterocycles. The number of hydrogen-bond donors (Lipinski definition) is 1. The van der Waals surface area contributed by atoms with Crippen LogP contribution in [0.2, 0.25) is 0 Å². The van der Waals surface area contributed by atoms with Crippen molar-refractivity contribution >= 4 is 18.3 Å². The Labute approximate surface area is 128 Å². The van der Waals surface area contributed by atoms with E-state index in [1.165, 1.54) is 6.42 Å². The number of nitrogens with zero attached hydrogens (tertiary/aromatic N) is 2. The fourth-order valence-corrected chi connectivity index (χ4v) is 3.25. The maximum absolute atomic E-state index is 12.5. The zero-order valence-electron chi connectivity index (χ0n) is 12.6. The molecule has 2 heterocycles. The van der Waals surface area contributed by atoms with Gasteiger partial charge in [0.25, 0.3) is 0 Å². The van der Waals surface area contributed by atoms with Gasteiger partial charge in [0.05, 0.1) is 19.3 Å². The van der Waals surface area contributed by atoms with Crippen molar-refractivity contribution in [3.63, 3.8) is 0 Å². The first kappa shape index (κ1) is 17.7. The number of ether oxygens (including phenoxy) is 1. The largest absolute Gasteiger partial charge is 0.374 e. The normalized spacial score (nSPS) is 31.8. The average Bonchev–Trinajstić information content (AvgIpc) is 2.38. The third kappa shape index (κ3) is 4.32. The van der Waals surface area contributed by atoms with Crippen molar-refractivity contribution in [2.24, 2.45) is 5.73 Å². The lowest BCUT2D eigenvalue weighted by molar-refractivity contribution is -0.140. The highest BCUT2D eigenvalue weighted by molar-refractivity contribution is 5.85. The highest BCUT2D eigenvalue weighted by Crippen LogP contribution is 2.22. The first-order valence-electron chi connectivity index (χ1n) is 7.47. The van der Waals surface area contributed by atoms with Gasteiger partial charge in [0.15, 0.2) is 0 Å². The van der Waals surface area contributed by atoms with Gasteiger partial charge in [-0.2, -0.15) is 0 Å². The maximum Gasteiger partial charge on any atom is 0.237 e. The minimum atomic E-state index is 0. The number of carbonyl (C=O) groups is 1. The third-order valence-corrected chi connectivity index (χ3v) is 4.33. The molecule has 118 valence electrons. The number of likely N-dealkylation sites (tertiary alicyclic amines) is 1. The van der Waals surface area contributed by atoms with Gasteiger partial charge >= 0.3 is 0 Å². The molecule has 20 heavy (non-hydrogen) atoms. The van der Waals surface area contributed by atoms with Crippen LogP contribution in [0.15, 0.2) is 0 Å². The molecule has 6 heteroatoms. The molecule has 3 unspecified atom stereocenters. The first-order valence-corrected chi connectivity index (χ1v) is 7.47. The summed E-state index contributed by atoms with van der Waals surface area (Å²) in [6.45, 7) is 7.65. The summed E-state index contributed by atoms with van der Waals surface area (Å²) in [7, 11) is 0. The highest BCUT2D eigenvalue weighted by Gasteiger charge is 2.30. The van der Waals surface area contributed by atoms with Crippen molar-refractivity contribution in [2.45, 2.75) is 51.3 Å². The van der Waals surface area contributed by atoms with Crippen LogP contribution in [0.5, 0.6) is 0 Å². The van der Waals surface area contributed by atoms with Crippen molar-refractivity contribution < 1.29 is 9.53 Å². The van der Waals surface area contributed by atoms with Crippen LogP contribution in [-0.2, 0) is 9.53 Å². The minimum Gasteiger partial charge on any atom is -0.374 e. The van der Waals surface area contributed by atoms with Crippen LogP contribution in [0.1, 0.15) is 33.1 Å². The van der Waals surface area contributed by atoms with Gasteiger partial charge in [-0.05, 0) is 33.1 Å². The molecule has 0 aliphatic carbocycles. The first-order chi connectivity index (χ1) is 9.11. The smallest absolute Gasteiger partial charge is 0.237 e. The van der Waals surface area contributed by atoms with E-state index in [1.54, 1.807) is 0 Å². The Balaban J connectivity index is 0.00000200. The van der Waals surface area contributed by atoms with Gasteiger partial charge in [0, 0.05) is 31.7 Å². The Morgan fingerprint density at radius 2 is 1.95 bits per heavy atom. The highest BCUT2D eigenvalue weighted by atomic mass is 35.5. The van der Waals surface area contributed by atoms with E-state index < -0.39 is 0 Å². The summed E-state index contributed by atoms with van der Waals surface area (Å²) in [6, 6.07) is 0.755. The molecule has 2 N–H and O–H groups in total. The van der Waals surface area contributed by atoms with Gasteiger partial charge in [-0.15, -0.1) is 12.4 Å². The van der Waals surface area contributed by atoms with Crippen LogP contribution in [0.3, 0.4) is 0 Å². The standard InChI is InChI=1S/C14H27N3O2.ClH/c1-11-4-3-5-12(2)17(11)14(18)10-16-6-7-19-13(8-15)9-16;/h11-13H,3-10,15H2,1-2H3;1H. The van der Waals surface area contributed by atoms with Crippen molar-refractivity contribution in [3.8, 4) is 0 Å². The van der Waals surface area contributed by atoms with E-state index in [9.17, 15) is 4.79 Å². The van der Waals surface area contributed by atoms with Crippen LogP contribution in [-0.4, -0.2) is 66.7 Å². The predicted octanol–water partition coefficient (Wildman–Crippen LogP) is 0.857. The topological polar surface area (TPSA) is 58.8 Å². The summed E-state index contributed by atoms with van der Waals surface area (Å²) in [4.78, 5) is 16.8. The van der Waals surface area contributed by atoms with Crippen LogP contribution in [0.4, 0.5) is 0 Å². The molecule has 0 aromatic carbocycles. The van der Waals surface area contributed by atoms with Gasteiger partial charge in [-0.1, -0.05) is 0 Å². The molecular weight excluding hydrogens is 278 g/mol. The molecule has 3 atom stereocenters. The van der Waals surface area contributed by atoms with Crippen LogP contribution < -0.4 is 5.73 Å². The van der Waals surface area contributed by atoms with Gasteiger partial charge < -0.3 is 15.4 Å². The van der Waals surface area contributed by atoms with Gasteiger partial charge in [-0.25, -0.2) is 0 Å². The Morgan fingerprint density at radius 1 is 1.30 bits per heavy atom. The minimum absolute atomic E-state index is 0. The van der Waals surface area contributed by atoms with Gasteiger partial charge in [0.2, 0.25) is 5.91 Å². The van der Waals surface area contributed by atoms with E-state index >= 15 is 0 Å². The molecule has 0 saturated carbocycles. The lowest BCUT2D eigenvalue weighted by Crippen LogP contribution is -2.54. The lowest BCUT2D eigenvalue weighted by atomic mass is 9.97. The molecule has 2 rings (SSSR count). The number of rotatable bonds is 3. The Bertz CT molecular complexity index is 307. The Hall–Kier alpha value is -0.360. The summed E-state index contributed by atoms with van der Waals surface area (Å²) in [6.07, 6.45) is 3.58. The maximum atomic E-state index is 12.5. The number of hydrogen-bond acceptors (Lipinski definition) is 4. The molecule has 5 nitrogen and oxygen atoms in total. The van der Waals surface area contributed by atoms with Gasteiger partial charge in [0.1, 0.15) is 0 Å². The second-order valence-electron chi connectivity index (χ2n) is 5.89. The van der Waals surface area contributed by atoms with Gasteiger partial charge in [-0.3, -0.25) is 9.69 Å². The molecule has 0 spiro atoms. The van der Waals surface area contributed by atoms with E-state index in [4.69, 9.17) is 10.5 Å². The van der Waals surface area contributed by atoms with Crippen LogP contribution >= 0.6 is 12.4 Å². The third-order valence-electron chi connectivity index (χ3n) is 4.33. The average molecular weight is 306 g/mol. The zero-order chi connectivity index (χ0) is 13.8. The van der Waals surface area contributed by atoms with E-state index in [-0.39, 0.29) is 24.4 Å². The summed E-state index contributed by atoms with van der Waals surface area (Å²) >= 11 is 0. The molecule has 0 aromatic rings. The molecule has 2 aliphatic heterocycles. The van der Waals surface area contributed by atoms with Crippen molar-refractivity contribution in [1.29, 1.82) is 0 Å². The summed E-state index contributed by atoms with van der Waals surface area (Å²) < 4.78 is 5.54. The number of nitrogens with two attached hydrogens (primary N) is 1. The van der Waals surface area contributed by atoms with Crippen molar-refractivity contribution in [3.05, 3.63) is 0 Å². The summed E-state index contributed by atoms with van der Waals surface area (Å²) in [5.41, 5.74) is 5.64. The molecule has 2 fully saturated rings. The fourth-order valence-electron chi connectivity index (χ4n) is 3.25. The molecular formula is C14H28ClN3O2. The number of morpholine rings is 1. The second-order valence-corrected chi connectivity index (χ2v) is 5.89. The number of piperidine rings is 1. The SMILES string of the molecule is CC1CCCC(C)N1C(=O)CN1CCOC(CN)C1.Cl. The lowest BCUT2D eigenvalue weighted by Gasteiger charge is -2.41. The monoisotopic (exact) mass is 305 g/mol. The van der Waals surface area contributed by atoms with E-state index in [0.717, 1.165) is 25.9 Å². The molecule has 0 aromatic heterocycles. The molecule has 0 bridgehead atoms. The van der Waals surface area contributed by atoms with E-state index in [2.05, 4.69) is 23.6 Å². The Morgan fingerprint density at radius 3 is 2.55 bits per heavy atom. The number of amides is 1. The molecule has 0 radical (unpaired) electrons. The van der Waals surface area contributed by atoms with Crippen molar-refractivity contribution in [1.82, 2.24) is 9.80 Å². The summed E-state index contributed by atoms with van der Waals surface area (Å²) in [5.74, 6) is 0.261. The van der Waals surface area contributed by atoms with E-state index in [0.29, 0.717) is 31.8 Å². The quantitative estimate of drug-likeness (QED) is 0.840. The van der Waals surface area contributed by atoms with Crippen LogP contribution in [0.25, 0.3) is 0 Å². The number of halogens is 1. The summed E-state index contributed by atoms with van der Waals surface area (Å²) in [5, 5.41) is 0. The van der Waals surface area contributed by atoms with Crippen molar-refractivity contribution in [2.75, 3.05) is 32.8 Å².